The molecule has 0 saturated carbocycles. The number of para-hydroxylation sites is 1. The Morgan fingerprint density at radius 3 is 2.15 bits per heavy atom. The van der Waals surface area contributed by atoms with Crippen molar-refractivity contribution in [3.63, 3.8) is 0 Å². The molecule has 3 rings (SSSR count). The number of hydrogen-bond acceptors (Lipinski definition) is 2. The van der Waals surface area contributed by atoms with Gasteiger partial charge in [0.15, 0.2) is 0 Å². The van der Waals surface area contributed by atoms with Crippen molar-refractivity contribution in [1.82, 2.24) is 0 Å². The zero-order valence-corrected chi connectivity index (χ0v) is 16.6. The molecule has 138 valence electrons. The summed E-state index contributed by atoms with van der Waals surface area (Å²) in [5, 5.41) is 2.88. The minimum atomic E-state index is -0.307. The number of hydrogen-bond donors (Lipinski definition) is 1. The number of carbonyl (C=O) groups excluding carboxylic acids is 1. The first-order valence-corrected chi connectivity index (χ1v) is 10.2. The molecular weight excluding hydrogens is 350 g/mol. The highest BCUT2D eigenvalue weighted by Gasteiger charge is 2.23. The van der Waals surface area contributed by atoms with Crippen LogP contribution in [-0.2, 0) is 4.79 Å². The van der Waals surface area contributed by atoms with Gasteiger partial charge < -0.3 is 5.32 Å². The molecule has 0 aromatic heterocycles. The fourth-order valence-electron chi connectivity index (χ4n) is 2.99. The quantitative estimate of drug-likeness (QED) is 0.467. The molecule has 0 aliphatic heterocycles. The van der Waals surface area contributed by atoms with Gasteiger partial charge in [0.2, 0.25) is 5.91 Å². The second-order valence-corrected chi connectivity index (χ2v) is 7.79. The molecule has 2 nitrogen and oxygen atoms in total. The number of benzene rings is 3. The van der Waals surface area contributed by atoms with Gasteiger partial charge in [-0.15, -0.1) is 11.8 Å². The van der Waals surface area contributed by atoms with Crippen LogP contribution in [0.15, 0.2) is 89.8 Å². The van der Waals surface area contributed by atoms with E-state index in [-0.39, 0.29) is 11.2 Å². The number of carbonyl (C=O) groups is 1. The SMILES string of the molecule is CC[C@@H](C)c1ccccc1NC(=O)[C@H](Sc1ccccc1)c1ccccc1. The molecule has 0 aliphatic carbocycles. The van der Waals surface area contributed by atoms with Crippen LogP contribution >= 0.6 is 11.8 Å². The van der Waals surface area contributed by atoms with Crippen LogP contribution in [-0.4, -0.2) is 5.91 Å². The van der Waals surface area contributed by atoms with Crippen molar-refractivity contribution in [3.05, 3.63) is 96.1 Å². The van der Waals surface area contributed by atoms with Gasteiger partial charge in [0.05, 0.1) is 0 Å². The van der Waals surface area contributed by atoms with Crippen LogP contribution < -0.4 is 5.32 Å². The largest absolute Gasteiger partial charge is 0.325 e. The Morgan fingerprint density at radius 1 is 0.889 bits per heavy atom. The molecule has 2 atom stereocenters. The minimum Gasteiger partial charge on any atom is -0.325 e. The van der Waals surface area contributed by atoms with Crippen LogP contribution in [0.1, 0.15) is 42.6 Å². The van der Waals surface area contributed by atoms with Crippen LogP contribution in [0.2, 0.25) is 0 Å². The van der Waals surface area contributed by atoms with Gasteiger partial charge >= 0.3 is 0 Å². The summed E-state index contributed by atoms with van der Waals surface area (Å²) in [4.78, 5) is 14.3. The smallest absolute Gasteiger partial charge is 0.242 e. The Balaban J connectivity index is 1.88. The van der Waals surface area contributed by atoms with E-state index in [4.69, 9.17) is 0 Å². The van der Waals surface area contributed by atoms with E-state index < -0.39 is 0 Å². The first-order valence-electron chi connectivity index (χ1n) is 9.35. The van der Waals surface area contributed by atoms with Gasteiger partial charge in [0.1, 0.15) is 5.25 Å². The van der Waals surface area contributed by atoms with Gasteiger partial charge in [-0.2, -0.15) is 0 Å². The summed E-state index contributed by atoms with van der Waals surface area (Å²) in [6.45, 7) is 4.36. The van der Waals surface area contributed by atoms with E-state index in [0.717, 1.165) is 22.6 Å². The Morgan fingerprint density at radius 2 is 1.48 bits per heavy atom. The van der Waals surface area contributed by atoms with Crippen LogP contribution in [0.5, 0.6) is 0 Å². The van der Waals surface area contributed by atoms with Crippen LogP contribution in [0, 0.1) is 0 Å². The van der Waals surface area contributed by atoms with Gasteiger partial charge in [0.25, 0.3) is 0 Å². The van der Waals surface area contributed by atoms with E-state index in [1.807, 2.05) is 78.9 Å². The summed E-state index contributed by atoms with van der Waals surface area (Å²) in [5.41, 5.74) is 3.10. The molecule has 0 heterocycles. The summed E-state index contributed by atoms with van der Waals surface area (Å²) < 4.78 is 0. The Bertz CT molecular complexity index is 864. The highest BCUT2D eigenvalue weighted by atomic mass is 32.2. The maximum atomic E-state index is 13.2. The molecular formula is C24H25NOS. The molecule has 1 N–H and O–H groups in total. The lowest BCUT2D eigenvalue weighted by atomic mass is 9.97. The first kappa shape index (κ1) is 19.2. The van der Waals surface area contributed by atoms with Gasteiger partial charge in [-0.05, 0) is 41.7 Å². The third-order valence-electron chi connectivity index (χ3n) is 4.70. The first-order chi connectivity index (χ1) is 13.2. The fraction of sp³-hybridized carbons (Fsp3) is 0.208. The summed E-state index contributed by atoms with van der Waals surface area (Å²) in [5.74, 6) is 0.407. The van der Waals surface area contributed by atoms with Gasteiger partial charge in [-0.25, -0.2) is 0 Å². The molecule has 0 saturated heterocycles. The third kappa shape index (κ3) is 5.01. The summed E-state index contributed by atoms with van der Waals surface area (Å²) in [7, 11) is 0. The number of nitrogens with one attached hydrogen (secondary N) is 1. The zero-order valence-electron chi connectivity index (χ0n) is 15.8. The Hall–Kier alpha value is -2.52. The summed E-state index contributed by atoms with van der Waals surface area (Å²) in [6, 6.07) is 28.1. The molecule has 27 heavy (non-hydrogen) atoms. The molecule has 3 aromatic carbocycles. The van der Waals surface area contributed by atoms with Crippen molar-refractivity contribution in [1.29, 1.82) is 0 Å². The number of amides is 1. The van der Waals surface area contributed by atoms with E-state index >= 15 is 0 Å². The van der Waals surface area contributed by atoms with E-state index in [1.54, 1.807) is 11.8 Å². The minimum absolute atomic E-state index is 0.00538. The topological polar surface area (TPSA) is 29.1 Å². The van der Waals surface area contributed by atoms with E-state index in [2.05, 4.69) is 25.2 Å². The van der Waals surface area contributed by atoms with Crippen molar-refractivity contribution in [3.8, 4) is 0 Å². The molecule has 3 heteroatoms. The molecule has 0 aliphatic rings. The Kier molecular flexibility index (Phi) is 6.72. The van der Waals surface area contributed by atoms with E-state index in [9.17, 15) is 4.79 Å². The maximum absolute atomic E-state index is 13.2. The lowest BCUT2D eigenvalue weighted by Crippen LogP contribution is -2.20. The van der Waals surface area contributed by atoms with Crippen molar-refractivity contribution < 1.29 is 4.79 Å². The Labute approximate surface area is 166 Å². The third-order valence-corrected chi connectivity index (χ3v) is 5.97. The summed E-state index contributed by atoms with van der Waals surface area (Å²) in [6.07, 6.45) is 1.04. The normalized spacial score (nSPS) is 13.0. The van der Waals surface area contributed by atoms with Gasteiger partial charge in [-0.1, -0.05) is 80.6 Å². The molecule has 1 amide bonds. The number of rotatable bonds is 7. The van der Waals surface area contributed by atoms with Crippen molar-refractivity contribution in [2.24, 2.45) is 0 Å². The standard InChI is InChI=1S/C24H25NOS/c1-3-18(2)21-16-10-11-17-22(21)25-24(26)23(19-12-6-4-7-13-19)27-20-14-8-5-9-15-20/h4-18,23H,3H2,1-2H3,(H,25,26)/t18-,23-/m1/s1. The van der Waals surface area contributed by atoms with Crippen LogP contribution in [0.4, 0.5) is 5.69 Å². The molecule has 0 radical (unpaired) electrons. The second kappa shape index (κ2) is 9.43. The average Bonchev–Trinajstić information content (AvgIpc) is 2.73. The zero-order chi connectivity index (χ0) is 19.1. The van der Waals surface area contributed by atoms with E-state index in [1.165, 1.54) is 5.56 Å². The predicted molar refractivity (Wildman–Crippen MR) is 115 cm³/mol. The number of anilines is 1. The lowest BCUT2D eigenvalue weighted by molar-refractivity contribution is -0.115. The molecule has 3 aromatic rings. The predicted octanol–water partition coefficient (Wildman–Crippen LogP) is 6.67. The highest BCUT2D eigenvalue weighted by molar-refractivity contribution is 8.00. The highest BCUT2D eigenvalue weighted by Crippen LogP contribution is 2.37. The number of thioether (sulfide) groups is 1. The molecule has 0 fully saturated rings. The second-order valence-electron chi connectivity index (χ2n) is 6.61. The van der Waals surface area contributed by atoms with E-state index in [0.29, 0.717) is 5.92 Å². The molecule has 0 spiro atoms. The average molecular weight is 376 g/mol. The summed E-state index contributed by atoms with van der Waals surface area (Å²) >= 11 is 1.58. The van der Waals surface area contributed by atoms with Crippen LogP contribution in [0.25, 0.3) is 0 Å². The van der Waals surface area contributed by atoms with Crippen LogP contribution in [0.3, 0.4) is 0 Å². The maximum Gasteiger partial charge on any atom is 0.242 e. The van der Waals surface area contributed by atoms with Gasteiger partial charge in [0, 0.05) is 10.6 Å². The fourth-order valence-corrected chi connectivity index (χ4v) is 4.04. The van der Waals surface area contributed by atoms with Gasteiger partial charge in [-0.3, -0.25) is 4.79 Å². The van der Waals surface area contributed by atoms with Crippen molar-refractivity contribution in [2.45, 2.75) is 36.3 Å². The monoisotopic (exact) mass is 375 g/mol. The molecule has 0 bridgehead atoms. The molecule has 0 unspecified atom stereocenters. The lowest BCUT2D eigenvalue weighted by Gasteiger charge is -2.20. The van der Waals surface area contributed by atoms with Crippen molar-refractivity contribution >= 4 is 23.4 Å². The van der Waals surface area contributed by atoms with Crippen molar-refractivity contribution in [2.75, 3.05) is 5.32 Å².